The number of nitrogens with zero attached hydrogens (tertiary/aromatic N) is 1. The Balaban J connectivity index is 0.000000673. The highest BCUT2D eigenvalue weighted by atomic mass is 19.4. The third-order valence-corrected chi connectivity index (χ3v) is 5.85. The molecule has 1 aliphatic carbocycles. The lowest BCUT2D eigenvalue weighted by molar-refractivity contribution is -0.192. The summed E-state index contributed by atoms with van der Waals surface area (Å²) in [6, 6.07) is 5.80. The average Bonchev–Trinajstić information content (AvgIpc) is 3.33. The number of aliphatic carboxylic acids is 1. The summed E-state index contributed by atoms with van der Waals surface area (Å²) in [5.74, 6) is -2.95. The Labute approximate surface area is 220 Å². The van der Waals surface area contributed by atoms with Gasteiger partial charge in [-0.1, -0.05) is 37.2 Å². The van der Waals surface area contributed by atoms with Gasteiger partial charge in [-0.3, -0.25) is 4.79 Å². The van der Waals surface area contributed by atoms with Gasteiger partial charge >= 0.3 is 18.3 Å². The largest absolute Gasteiger partial charge is 0.490 e. The van der Waals surface area contributed by atoms with Crippen LogP contribution in [0.15, 0.2) is 40.9 Å². The van der Waals surface area contributed by atoms with E-state index < -0.39 is 42.1 Å². The molecule has 0 fully saturated rings. The van der Waals surface area contributed by atoms with Gasteiger partial charge in [-0.2, -0.15) is 26.3 Å². The number of rotatable bonds is 7. The van der Waals surface area contributed by atoms with Crippen LogP contribution in [0.3, 0.4) is 0 Å². The van der Waals surface area contributed by atoms with Crippen LogP contribution in [0.1, 0.15) is 51.3 Å². The van der Waals surface area contributed by atoms with Crippen LogP contribution in [0.25, 0.3) is 16.9 Å². The summed E-state index contributed by atoms with van der Waals surface area (Å²) in [5, 5.41) is 14.0. The van der Waals surface area contributed by atoms with Crippen molar-refractivity contribution in [2.75, 3.05) is 0 Å². The summed E-state index contributed by atoms with van der Waals surface area (Å²) < 4.78 is 83.4. The van der Waals surface area contributed by atoms with E-state index in [1.165, 1.54) is 31.2 Å². The number of carboxylic acids is 1. The molecule has 2 aromatic rings. The first-order valence-electron chi connectivity index (χ1n) is 11.9. The zero-order valence-corrected chi connectivity index (χ0v) is 21.3. The molecule has 1 aliphatic rings. The van der Waals surface area contributed by atoms with E-state index in [1.807, 2.05) is 19.9 Å². The molecular formula is C25H29F6N3O5. The zero-order chi connectivity index (χ0) is 29.5. The van der Waals surface area contributed by atoms with E-state index in [0.29, 0.717) is 17.7 Å². The van der Waals surface area contributed by atoms with Crippen molar-refractivity contribution >= 4 is 17.4 Å². The predicted molar refractivity (Wildman–Crippen MR) is 128 cm³/mol. The second kappa shape index (κ2) is 13.1. The molecule has 1 amide bonds. The number of carboxylic acid groups (broad SMARTS) is 1. The molecule has 39 heavy (non-hydrogen) atoms. The highest BCUT2D eigenvalue weighted by Crippen LogP contribution is 2.38. The van der Waals surface area contributed by atoms with Crippen molar-refractivity contribution in [3.8, 4) is 11.3 Å². The maximum atomic E-state index is 13.4. The summed E-state index contributed by atoms with van der Waals surface area (Å²) in [4.78, 5) is 20.6. The van der Waals surface area contributed by atoms with E-state index >= 15 is 0 Å². The highest BCUT2D eigenvalue weighted by molar-refractivity contribution is 5.75. The lowest BCUT2D eigenvalue weighted by Crippen LogP contribution is -2.56. The number of alkyl halides is 6. The SMILES string of the molecule is CCC(CC)O[C@@H]1C=C(c2cc(-c3ccccc3C(F)(F)F)on2)C[C@H](N)[C@H]1NC(C)=O.O=C(O)C(F)(F)F. The quantitative estimate of drug-likeness (QED) is 0.395. The Hall–Kier alpha value is -3.39. The smallest absolute Gasteiger partial charge is 0.475 e. The second-order valence-electron chi connectivity index (χ2n) is 8.75. The lowest BCUT2D eigenvalue weighted by atomic mass is 9.86. The van der Waals surface area contributed by atoms with Crippen molar-refractivity contribution in [3.63, 3.8) is 0 Å². The maximum absolute atomic E-state index is 13.4. The monoisotopic (exact) mass is 565 g/mol. The molecule has 0 bridgehead atoms. The summed E-state index contributed by atoms with van der Waals surface area (Å²) >= 11 is 0. The normalized spacial score (nSPS) is 19.7. The van der Waals surface area contributed by atoms with Crippen molar-refractivity contribution < 1.29 is 50.3 Å². The Morgan fingerprint density at radius 1 is 1.18 bits per heavy atom. The van der Waals surface area contributed by atoms with Crippen LogP contribution < -0.4 is 11.1 Å². The number of hydrogen-bond donors (Lipinski definition) is 3. The third-order valence-electron chi connectivity index (χ3n) is 5.85. The van der Waals surface area contributed by atoms with Gasteiger partial charge < -0.3 is 25.4 Å². The predicted octanol–water partition coefficient (Wildman–Crippen LogP) is 5.19. The number of carbonyl (C=O) groups excluding carboxylic acids is 1. The van der Waals surface area contributed by atoms with E-state index in [0.717, 1.165) is 18.9 Å². The number of nitrogens with two attached hydrogens (primary N) is 1. The molecule has 0 spiro atoms. The number of amides is 1. The Morgan fingerprint density at radius 2 is 1.77 bits per heavy atom. The molecule has 1 heterocycles. The van der Waals surface area contributed by atoms with Gasteiger partial charge in [0.2, 0.25) is 5.91 Å². The molecule has 3 atom stereocenters. The van der Waals surface area contributed by atoms with Crippen LogP contribution in [0.5, 0.6) is 0 Å². The minimum atomic E-state index is -5.08. The molecule has 216 valence electrons. The first-order valence-corrected chi connectivity index (χ1v) is 11.9. The molecule has 0 unspecified atom stereocenters. The number of benzene rings is 1. The van der Waals surface area contributed by atoms with Crippen molar-refractivity contribution in [1.82, 2.24) is 10.5 Å². The molecule has 0 radical (unpaired) electrons. The first kappa shape index (κ1) is 31.8. The van der Waals surface area contributed by atoms with Crippen LogP contribution in [-0.2, 0) is 20.5 Å². The van der Waals surface area contributed by atoms with E-state index in [4.69, 9.17) is 24.9 Å². The summed E-state index contributed by atoms with van der Waals surface area (Å²) in [7, 11) is 0. The molecule has 8 nitrogen and oxygen atoms in total. The topological polar surface area (TPSA) is 128 Å². The van der Waals surface area contributed by atoms with Gasteiger partial charge in [0.15, 0.2) is 5.76 Å². The van der Waals surface area contributed by atoms with Crippen LogP contribution in [0.4, 0.5) is 26.3 Å². The number of carbonyl (C=O) groups is 2. The molecule has 1 aromatic heterocycles. The van der Waals surface area contributed by atoms with Crippen LogP contribution in [-0.4, -0.2) is 52.6 Å². The number of ether oxygens (including phenoxy) is 1. The van der Waals surface area contributed by atoms with Gasteiger partial charge in [-0.15, -0.1) is 0 Å². The van der Waals surface area contributed by atoms with Crippen molar-refractivity contribution in [2.45, 2.75) is 76.7 Å². The fourth-order valence-electron chi connectivity index (χ4n) is 3.93. The molecule has 14 heteroatoms. The molecular weight excluding hydrogens is 536 g/mol. The van der Waals surface area contributed by atoms with E-state index in [2.05, 4.69) is 10.5 Å². The molecule has 4 N–H and O–H groups in total. The fraction of sp³-hybridized carbons (Fsp3) is 0.480. The van der Waals surface area contributed by atoms with E-state index in [1.54, 1.807) is 0 Å². The lowest BCUT2D eigenvalue weighted by Gasteiger charge is -2.36. The maximum Gasteiger partial charge on any atom is 0.490 e. The molecule has 0 saturated carbocycles. The van der Waals surface area contributed by atoms with Crippen molar-refractivity contribution in [3.05, 3.63) is 47.7 Å². The Kier molecular flexibility index (Phi) is 10.7. The minimum Gasteiger partial charge on any atom is -0.475 e. The number of halogens is 6. The standard InChI is InChI=1S/C23H28F3N3O3.C2HF3O2/c1-4-15(5-2)31-21-11-14(10-18(27)22(21)28-13(3)30)19-12-20(32-29-19)16-8-6-7-9-17(16)23(24,25)26;3-2(4,5)1(6)7/h6-9,11-12,15,18,21-22H,4-5,10,27H2,1-3H3,(H,28,30);(H,6,7)/t18-,21+,22+;/m0./s1. The van der Waals surface area contributed by atoms with Crippen molar-refractivity contribution in [2.24, 2.45) is 5.73 Å². The zero-order valence-electron chi connectivity index (χ0n) is 21.3. The average molecular weight is 566 g/mol. The summed E-state index contributed by atoms with van der Waals surface area (Å²) in [6.07, 6.45) is -6.34. The summed E-state index contributed by atoms with van der Waals surface area (Å²) in [5.41, 5.74) is 6.58. The Bertz CT molecular complexity index is 1160. The number of nitrogens with one attached hydrogen (secondary N) is 1. The Morgan fingerprint density at radius 3 is 2.28 bits per heavy atom. The fourth-order valence-corrected chi connectivity index (χ4v) is 3.93. The molecule has 0 saturated heterocycles. The van der Waals surface area contributed by atoms with Crippen LogP contribution in [0.2, 0.25) is 0 Å². The minimum absolute atomic E-state index is 0.0174. The van der Waals surface area contributed by atoms with E-state index in [9.17, 15) is 31.1 Å². The van der Waals surface area contributed by atoms with Gasteiger partial charge in [-0.25, -0.2) is 4.79 Å². The van der Waals surface area contributed by atoms with Gasteiger partial charge in [0.05, 0.1) is 23.8 Å². The van der Waals surface area contributed by atoms with E-state index in [-0.39, 0.29) is 23.3 Å². The molecule has 0 aliphatic heterocycles. The third kappa shape index (κ3) is 8.82. The van der Waals surface area contributed by atoms with Gasteiger partial charge in [0.1, 0.15) is 5.69 Å². The van der Waals surface area contributed by atoms with Crippen molar-refractivity contribution in [1.29, 1.82) is 0 Å². The highest BCUT2D eigenvalue weighted by Gasteiger charge is 2.38. The van der Waals surface area contributed by atoms with Crippen LogP contribution in [0, 0.1) is 0 Å². The van der Waals surface area contributed by atoms with Gasteiger partial charge in [0.25, 0.3) is 0 Å². The number of aromatic nitrogens is 1. The number of hydrogen-bond acceptors (Lipinski definition) is 6. The molecule has 3 rings (SSSR count). The van der Waals surface area contributed by atoms with Crippen LogP contribution >= 0.6 is 0 Å². The summed E-state index contributed by atoms with van der Waals surface area (Å²) in [6.45, 7) is 5.44. The van der Waals surface area contributed by atoms with Gasteiger partial charge in [-0.05, 0) is 37.0 Å². The molecule has 1 aromatic carbocycles. The first-order chi connectivity index (χ1) is 18.1. The second-order valence-corrected chi connectivity index (χ2v) is 8.75. The van der Waals surface area contributed by atoms with Gasteiger partial charge in [0, 0.05) is 24.6 Å².